The van der Waals surface area contributed by atoms with Gasteiger partial charge in [-0.2, -0.15) is 0 Å². The van der Waals surface area contributed by atoms with Crippen molar-refractivity contribution in [3.63, 3.8) is 0 Å². The molecule has 3 N–H and O–H groups in total. The standard InChI is InChI=1S/C19H22FN3O3/c20-15-7-13-16(8-17(15)22-6-4-11(9-22)3-5-21)23(12-1-2-12)10-14(18(13)24)19(25)26/h7-8,10-12H,1-6,9,21H2,(H,25,26). The molecule has 4 rings (SSSR count). The molecule has 1 aliphatic carbocycles. The van der Waals surface area contributed by atoms with E-state index in [1.807, 2.05) is 9.47 Å². The molecule has 0 bridgehead atoms. The summed E-state index contributed by atoms with van der Waals surface area (Å²) in [5.74, 6) is -1.30. The molecule has 1 aliphatic heterocycles. The van der Waals surface area contributed by atoms with Gasteiger partial charge >= 0.3 is 5.97 Å². The highest BCUT2D eigenvalue weighted by Gasteiger charge is 2.29. The van der Waals surface area contributed by atoms with Gasteiger partial charge in [0.1, 0.15) is 11.4 Å². The average Bonchev–Trinajstić information content (AvgIpc) is 3.34. The summed E-state index contributed by atoms with van der Waals surface area (Å²) in [5, 5.41) is 9.44. The Hall–Kier alpha value is -2.41. The second-order valence-electron chi connectivity index (χ2n) is 7.31. The zero-order valence-electron chi connectivity index (χ0n) is 14.4. The average molecular weight is 359 g/mol. The molecule has 1 atom stereocenters. The highest BCUT2D eigenvalue weighted by Crippen LogP contribution is 2.38. The molecule has 0 amide bonds. The fourth-order valence-corrected chi connectivity index (χ4v) is 3.93. The summed E-state index contributed by atoms with van der Waals surface area (Å²) in [6.07, 6.45) is 5.17. The molecular formula is C19H22FN3O3. The number of pyridine rings is 1. The number of halogens is 1. The van der Waals surface area contributed by atoms with Gasteiger partial charge in [0.15, 0.2) is 0 Å². The van der Waals surface area contributed by atoms with Crippen molar-refractivity contribution in [1.29, 1.82) is 0 Å². The first-order valence-corrected chi connectivity index (χ1v) is 9.06. The Kier molecular flexibility index (Phi) is 4.19. The van der Waals surface area contributed by atoms with E-state index < -0.39 is 17.2 Å². The lowest BCUT2D eigenvalue weighted by molar-refractivity contribution is 0.0695. The zero-order valence-corrected chi connectivity index (χ0v) is 14.4. The molecule has 26 heavy (non-hydrogen) atoms. The van der Waals surface area contributed by atoms with E-state index in [4.69, 9.17) is 5.73 Å². The van der Waals surface area contributed by atoms with Crippen molar-refractivity contribution in [3.05, 3.63) is 39.9 Å². The van der Waals surface area contributed by atoms with E-state index in [1.165, 1.54) is 12.3 Å². The number of nitrogens with zero attached hydrogens (tertiary/aromatic N) is 2. The number of carboxylic acid groups (broad SMARTS) is 1. The molecular weight excluding hydrogens is 337 g/mol. The Balaban J connectivity index is 1.84. The number of carbonyl (C=O) groups is 1. The van der Waals surface area contributed by atoms with E-state index >= 15 is 0 Å². The van der Waals surface area contributed by atoms with E-state index in [-0.39, 0.29) is 17.0 Å². The van der Waals surface area contributed by atoms with Crippen LogP contribution in [-0.4, -0.2) is 35.3 Å². The van der Waals surface area contributed by atoms with Gasteiger partial charge < -0.3 is 20.3 Å². The molecule has 6 nitrogen and oxygen atoms in total. The number of fused-ring (bicyclic) bond motifs is 1. The molecule has 1 saturated heterocycles. The SMILES string of the molecule is NCCC1CCN(c2cc3c(cc2F)c(=O)c(C(=O)O)cn3C2CC2)C1. The van der Waals surface area contributed by atoms with Gasteiger partial charge in [-0.3, -0.25) is 4.79 Å². The van der Waals surface area contributed by atoms with Crippen LogP contribution in [0.2, 0.25) is 0 Å². The quantitative estimate of drug-likeness (QED) is 0.855. The summed E-state index contributed by atoms with van der Waals surface area (Å²) in [6, 6.07) is 3.09. The van der Waals surface area contributed by atoms with Crippen LogP contribution in [0.15, 0.2) is 23.1 Å². The second-order valence-corrected chi connectivity index (χ2v) is 7.31. The molecule has 0 spiro atoms. The summed E-state index contributed by atoms with van der Waals surface area (Å²) < 4.78 is 16.6. The summed E-state index contributed by atoms with van der Waals surface area (Å²) in [4.78, 5) is 25.9. The van der Waals surface area contributed by atoms with Crippen molar-refractivity contribution in [1.82, 2.24) is 4.57 Å². The molecule has 2 aliphatic rings. The highest BCUT2D eigenvalue weighted by molar-refractivity contribution is 5.93. The van der Waals surface area contributed by atoms with Crippen LogP contribution in [0.1, 0.15) is 42.1 Å². The maximum atomic E-state index is 14.8. The Bertz CT molecular complexity index is 936. The third-order valence-corrected chi connectivity index (χ3v) is 5.47. The minimum atomic E-state index is -1.28. The topological polar surface area (TPSA) is 88.6 Å². The number of aromatic nitrogens is 1. The molecule has 2 aromatic rings. The van der Waals surface area contributed by atoms with Gasteiger partial charge in [-0.1, -0.05) is 0 Å². The smallest absolute Gasteiger partial charge is 0.341 e. The van der Waals surface area contributed by atoms with Crippen LogP contribution < -0.4 is 16.1 Å². The first kappa shape index (κ1) is 17.0. The molecule has 138 valence electrons. The third kappa shape index (κ3) is 2.86. The number of anilines is 1. The minimum absolute atomic E-state index is 0.135. The third-order valence-electron chi connectivity index (χ3n) is 5.47. The van der Waals surface area contributed by atoms with Gasteiger partial charge in [0.2, 0.25) is 5.43 Å². The molecule has 0 radical (unpaired) electrons. The number of aromatic carboxylic acids is 1. The number of carboxylic acids is 1. The lowest BCUT2D eigenvalue weighted by Gasteiger charge is -2.21. The van der Waals surface area contributed by atoms with E-state index in [2.05, 4.69) is 0 Å². The van der Waals surface area contributed by atoms with Crippen molar-refractivity contribution >= 4 is 22.6 Å². The first-order valence-electron chi connectivity index (χ1n) is 9.06. The van der Waals surface area contributed by atoms with Gasteiger partial charge in [0, 0.05) is 30.7 Å². The normalized spacial score (nSPS) is 20.1. The molecule has 2 heterocycles. The molecule has 2 fully saturated rings. The van der Waals surface area contributed by atoms with Crippen molar-refractivity contribution < 1.29 is 14.3 Å². The van der Waals surface area contributed by atoms with Crippen molar-refractivity contribution in [2.75, 3.05) is 24.5 Å². The van der Waals surface area contributed by atoms with Crippen molar-refractivity contribution in [2.24, 2.45) is 11.7 Å². The Morgan fingerprint density at radius 3 is 2.73 bits per heavy atom. The number of hydrogen-bond acceptors (Lipinski definition) is 4. The number of hydrogen-bond donors (Lipinski definition) is 2. The number of benzene rings is 1. The Morgan fingerprint density at radius 1 is 1.31 bits per heavy atom. The molecule has 1 unspecified atom stereocenters. The largest absolute Gasteiger partial charge is 0.477 e. The van der Waals surface area contributed by atoms with E-state index in [1.54, 1.807) is 6.07 Å². The Labute approximate surface area is 150 Å². The molecule has 7 heteroatoms. The van der Waals surface area contributed by atoms with Gasteiger partial charge in [-0.25, -0.2) is 9.18 Å². The minimum Gasteiger partial charge on any atom is -0.477 e. The zero-order chi connectivity index (χ0) is 18.4. The fraction of sp³-hybridized carbons (Fsp3) is 0.474. The van der Waals surface area contributed by atoms with E-state index in [0.29, 0.717) is 23.7 Å². The summed E-state index contributed by atoms with van der Waals surface area (Å²) in [5.41, 5.74) is 5.79. The summed E-state index contributed by atoms with van der Waals surface area (Å²) in [6.45, 7) is 2.13. The fourth-order valence-electron chi connectivity index (χ4n) is 3.93. The van der Waals surface area contributed by atoms with Gasteiger partial charge in [0.25, 0.3) is 0 Å². The monoisotopic (exact) mass is 359 g/mol. The Morgan fingerprint density at radius 2 is 2.08 bits per heavy atom. The predicted molar refractivity (Wildman–Crippen MR) is 97.4 cm³/mol. The van der Waals surface area contributed by atoms with Crippen LogP contribution in [-0.2, 0) is 0 Å². The van der Waals surface area contributed by atoms with Gasteiger partial charge in [-0.15, -0.1) is 0 Å². The number of rotatable bonds is 5. The van der Waals surface area contributed by atoms with Crippen LogP contribution in [0.5, 0.6) is 0 Å². The van der Waals surface area contributed by atoms with E-state index in [9.17, 15) is 19.1 Å². The molecule has 1 saturated carbocycles. The lowest BCUT2D eigenvalue weighted by atomic mass is 10.1. The maximum absolute atomic E-state index is 14.8. The van der Waals surface area contributed by atoms with Crippen LogP contribution >= 0.6 is 0 Å². The van der Waals surface area contributed by atoms with Crippen LogP contribution in [0.4, 0.5) is 10.1 Å². The summed E-state index contributed by atoms with van der Waals surface area (Å²) >= 11 is 0. The maximum Gasteiger partial charge on any atom is 0.341 e. The van der Waals surface area contributed by atoms with Gasteiger partial charge in [-0.05, 0) is 50.3 Å². The van der Waals surface area contributed by atoms with Crippen LogP contribution in [0.25, 0.3) is 10.9 Å². The van der Waals surface area contributed by atoms with Crippen LogP contribution in [0, 0.1) is 11.7 Å². The van der Waals surface area contributed by atoms with Gasteiger partial charge in [0.05, 0.1) is 11.2 Å². The second kappa shape index (κ2) is 6.39. The lowest BCUT2D eigenvalue weighted by Crippen LogP contribution is -2.23. The van der Waals surface area contributed by atoms with Crippen molar-refractivity contribution in [3.8, 4) is 0 Å². The van der Waals surface area contributed by atoms with Crippen LogP contribution in [0.3, 0.4) is 0 Å². The summed E-state index contributed by atoms with van der Waals surface area (Å²) in [7, 11) is 0. The first-order chi connectivity index (χ1) is 12.5. The predicted octanol–water partition coefficient (Wildman–Crippen LogP) is 2.35. The molecule has 1 aromatic carbocycles. The molecule has 1 aromatic heterocycles. The van der Waals surface area contributed by atoms with Crippen molar-refractivity contribution in [2.45, 2.75) is 31.7 Å². The van der Waals surface area contributed by atoms with E-state index in [0.717, 1.165) is 38.8 Å². The number of nitrogens with two attached hydrogens (primary N) is 1. The highest BCUT2D eigenvalue weighted by atomic mass is 19.1.